The number of carbonyl (C=O) groups is 1. The van der Waals surface area contributed by atoms with E-state index in [0.717, 1.165) is 6.42 Å². The molecule has 5 heteroatoms. The van der Waals surface area contributed by atoms with Gasteiger partial charge in [-0.05, 0) is 25.3 Å². The van der Waals surface area contributed by atoms with Crippen LogP contribution in [0.3, 0.4) is 0 Å². The smallest absolute Gasteiger partial charge is 0.425 e. The van der Waals surface area contributed by atoms with E-state index in [1.54, 1.807) is 0 Å². The maximum absolute atomic E-state index is 11.9. The predicted molar refractivity (Wildman–Crippen MR) is 47.8 cm³/mol. The SMILES string of the molecule is O=C(OC1=CCCC=CCC1)C(F)(F)F. The van der Waals surface area contributed by atoms with Crippen molar-refractivity contribution in [2.75, 3.05) is 0 Å². The number of hydrogen-bond donors (Lipinski definition) is 0. The summed E-state index contributed by atoms with van der Waals surface area (Å²) in [6, 6.07) is 0. The molecule has 0 amide bonds. The lowest BCUT2D eigenvalue weighted by molar-refractivity contribution is -0.195. The molecule has 0 aromatic rings. The van der Waals surface area contributed by atoms with Crippen molar-refractivity contribution in [3.05, 3.63) is 24.0 Å². The van der Waals surface area contributed by atoms with Crippen molar-refractivity contribution >= 4 is 5.97 Å². The predicted octanol–water partition coefficient (Wildman–Crippen LogP) is 3.11. The van der Waals surface area contributed by atoms with Gasteiger partial charge in [0.15, 0.2) is 0 Å². The van der Waals surface area contributed by atoms with Gasteiger partial charge in [-0.3, -0.25) is 0 Å². The Labute approximate surface area is 85.4 Å². The molecule has 2 nitrogen and oxygen atoms in total. The van der Waals surface area contributed by atoms with Gasteiger partial charge in [0, 0.05) is 6.42 Å². The standard InChI is InChI=1S/C10H11F3O2/c11-10(12,13)9(14)15-8-6-4-2-1-3-5-7-8/h1-2,7H,3-6H2. The van der Waals surface area contributed by atoms with E-state index in [-0.39, 0.29) is 5.76 Å². The summed E-state index contributed by atoms with van der Waals surface area (Å²) in [5.74, 6) is -2.03. The van der Waals surface area contributed by atoms with Gasteiger partial charge in [-0.1, -0.05) is 12.2 Å². The van der Waals surface area contributed by atoms with Crippen LogP contribution < -0.4 is 0 Å². The number of halogens is 3. The van der Waals surface area contributed by atoms with Crippen molar-refractivity contribution in [1.82, 2.24) is 0 Å². The zero-order valence-corrected chi connectivity index (χ0v) is 8.01. The number of rotatable bonds is 1. The molecule has 0 saturated heterocycles. The van der Waals surface area contributed by atoms with Gasteiger partial charge in [0.25, 0.3) is 0 Å². The summed E-state index contributed by atoms with van der Waals surface area (Å²) in [5, 5.41) is 0. The van der Waals surface area contributed by atoms with Gasteiger partial charge in [-0.25, -0.2) is 4.79 Å². The number of alkyl halides is 3. The highest BCUT2D eigenvalue weighted by atomic mass is 19.4. The molecule has 1 aliphatic carbocycles. The molecule has 0 aromatic carbocycles. The molecule has 0 heterocycles. The summed E-state index contributed by atoms with van der Waals surface area (Å²) in [6.07, 6.45) is 2.72. The number of allylic oxidation sites excluding steroid dienone is 4. The molecule has 0 spiro atoms. The molecule has 84 valence electrons. The summed E-state index contributed by atoms with van der Waals surface area (Å²) < 4.78 is 39.9. The second-order valence-electron chi connectivity index (χ2n) is 3.15. The molecule has 0 aromatic heterocycles. The fraction of sp³-hybridized carbons (Fsp3) is 0.500. The molecule has 0 fully saturated rings. The van der Waals surface area contributed by atoms with Crippen LogP contribution in [0.5, 0.6) is 0 Å². The lowest BCUT2D eigenvalue weighted by atomic mass is 10.1. The first kappa shape index (κ1) is 11.8. The van der Waals surface area contributed by atoms with Gasteiger partial charge < -0.3 is 4.74 Å². The van der Waals surface area contributed by atoms with Crippen LogP contribution in [0.1, 0.15) is 25.7 Å². The molecule has 0 unspecified atom stereocenters. The van der Waals surface area contributed by atoms with E-state index < -0.39 is 12.1 Å². The van der Waals surface area contributed by atoms with E-state index in [4.69, 9.17) is 0 Å². The van der Waals surface area contributed by atoms with Crippen molar-refractivity contribution in [1.29, 1.82) is 0 Å². The summed E-state index contributed by atoms with van der Waals surface area (Å²) in [7, 11) is 0. The second-order valence-corrected chi connectivity index (χ2v) is 3.15. The summed E-state index contributed by atoms with van der Waals surface area (Å²) in [4.78, 5) is 10.5. The number of hydrogen-bond acceptors (Lipinski definition) is 2. The van der Waals surface area contributed by atoms with Crippen LogP contribution in [0.2, 0.25) is 0 Å². The minimum atomic E-state index is -4.92. The molecule has 0 saturated carbocycles. The Morgan fingerprint density at radius 2 is 1.87 bits per heavy atom. The maximum Gasteiger partial charge on any atom is 0.491 e. The molecule has 0 atom stereocenters. The summed E-state index contributed by atoms with van der Waals surface area (Å²) in [5.41, 5.74) is 0. The molecular weight excluding hydrogens is 209 g/mol. The zero-order valence-electron chi connectivity index (χ0n) is 8.01. The molecule has 0 radical (unpaired) electrons. The topological polar surface area (TPSA) is 26.3 Å². The highest BCUT2D eigenvalue weighted by molar-refractivity contribution is 5.76. The van der Waals surface area contributed by atoms with E-state index in [1.807, 2.05) is 12.2 Å². The molecular formula is C10H11F3O2. The number of esters is 1. The van der Waals surface area contributed by atoms with Crippen LogP contribution >= 0.6 is 0 Å². The maximum atomic E-state index is 11.9. The van der Waals surface area contributed by atoms with Crippen molar-refractivity contribution in [2.24, 2.45) is 0 Å². The average molecular weight is 220 g/mol. The van der Waals surface area contributed by atoms with Gasteiger partial charge >= 0.3 is 12.1 Å². The first-order chi connectivity index (χ1) is 7.00. The van der Waals surface area contributed by atoms with Crippen molar-refractivity contribution in [3.8, 4) is 0 Å². The van der Waals surface area contributed by atoms with E-state index in [2.05, 4.69) is 4.74 Å². The Bertz CT molecular complexity index is 290. The quantitative estimate of drug-likeness (QED) is 0.501. The normalized spacial score (nSPS) is 17.7. The fourth-order valence-electron chi connectivity index (χ4n) is 1.17. The van der Waals surface area contributed by atoms with Crippen LogP contribution in [-0.4, -0.2) is 12.1 Å². The minimum Gasteiger partial charge on any atom is -0.425 e. The lowest BCUT2D eigenvalue weighted by Crippen LogP contribution is -2.25. The zero-order chi connectivity index (χ0) is 11.3. The third-order valence-corrected chi connectivity index (χ3v) is 1.88. The summed E-state index contributed by atoms with van der Waals surface area (Å²) in [6.45, 7) is 0. The third-order valence-electron chi connectivity index (χ3n) is 1.88. The van der Waals surface area contributed by atoms with Crippen LogP contribution in [0.4, 0.5) is 13.2 Å². The first-order valence-electron chi connectivity index (χ1n) is 4.63. The molecule has 0 aliphatic heterocycles. The second kappa shape index (κ2) is 5.00. The van der Waals surface area contributed by atoms with E-state index in [0.29, 0.717) is 19.3 Å². The summed E-state index contributed by atoms with van der Waals surface area (Å²) >= 11 is 0. The van der Waals surface area contributed by atoms with Gasteiger partial charge in [0.2, 0.25) is 0 Å². The van der Waals surface area contributed by atoms with Gasteiger partial charge in [0.05, 0.1) is 0 Å². The molecule has 1 aliphatic rings. The Hall–Kier alpha value is -1.26. The minimum absolute atomic E-state index is 0.113. The fourth-order valence-corrected chi connectivity index (χ4v) is 1.17. The van der Waals surface area contributed by atoms with Gasteiger partial charge in [-0.15, -0.1) is 0 Å². The molecule has 1 rings (SSSR count). The highest BCUT2D eigenvalue weighted by Crippen LogP contribution is 2.21. The average Bonchev–Trinajstić information content (AvgIpc) is 2.07. The largest absolute Gasteiger partial charge is 0.491 e. The van der Waals surface area contributed by atoms with Crippen molar-refractivity contribution in [3.63, 3.8) is 0 Å². The van der Waals surface area contributed by atoms with Crippen molar-refractivity contribution < 1.29 is 22.7 Å². The van der Waals surface area contributed by atoms with Gasteiger partial charge in [-0.2, -0.15) is 13.2 Å². The van der Waals surface area contributed by atoms with Crippen LogP contribution in [0.25, 0.3) is 0 Å². The van der Waals surface area contributed by atoms with E-state index in [1.165, 1.54) is 6.08 Å². The Kier molecular flexibility index (Phi) is 3.94. The van der Waals surface area contributed by atoms with Crippen LogP contribution in [0, 0.1) is 0 Å². The lowest BCUT2D eigenvalue weighted by Gasteiger charge is -2.10. The molecule has 0 bridgehead atoms. The van der Waals surface area contributed by atoms with E-state index >= 15 is 0 Å². The molecule has 0 N–H and O–H groups in total. The molecule has 15 heavy (non-hydrogen) atoms. The first-order valence-corrected chi connectivity index (χ1v) is 4.63. The number of carbonyl (C=O) groups excluding carboxylic acids is 1. The Morgan fingerprint density at radius 3 is 2.53 bits per heavy atom. The van der Waals surface area contributed by atoms with Crippen LogP contribution in [-0.2, 0) is 9.53 Å². The Balaban J connectivity index is 2.53. The van der Waals surface area contributed by atoms with E-state index in [9.17, 15) is 18.0 Å². The highest BCUT2D eigenvalue weighted by Gasteiger charge is 2.41. The monoisotopic (exact) mass is 220 g/mol. The van der Waals surface area contributed by atoms with Gasteiger partial charge in [0.1, 0.15) is 5.76 Å². The van der Waals surface area contributed by atoms with Crippen LogP contribution in [0.15, 0.2) is 24.0 Å². The number of ether oxygens (including phenoxy) is 1. The Morgan fingerprint density at radius 1 is 1.20 bits per heavy atom. The van der Waals surface area contributed by atoms with Crippen molar-refractivity contribution in [2.45, 2.75) is 31.9 Å². The third kappa shape index (κ3) is 4.18.